The predicted octanol–water partition coefficient (Wildman–Crippen LogP) is 3.66. The van der Waals surface area contributed by atoms with Crippen molar-refractivity contribution in [3.8, 4) is 0 Å². The summed E-state index contributed by atoms with van der Waals surface area (Å²) >= 11 is 1.18. The smallest absolute Gasteiger partial charge is 0.379 e. The van der Waals surface area contributed by atoms with Gasteiger partial charge in [-0.05, 0) is 31.2 Å². The summed E-state index contributed by atoms with van der Waals surface area (Å²) in [4.78, 5) is 30.9. The Kier molecular flexibility index (Phi) is 5.42. The summed E-state index contributed by atoms with van der Waals surface area (Å²) in [6.45, 7) is 4.46. The van der Waals surface area contributed by atoms with Gasteiger partial charge in [0.1, 0.15) is 0 Å². The third-order valence-corrected chi connectivity index (χ3v) is 7.68. The highest BCUT2D eigenvalue weighted by molar-refractivity contribution is 8.03. The number of rotatable bonds is 3. The van der Waals surface area contributed by atoms with E-state index in [1.54, 1.807) is 24.0 Å². The minimum absolute atomic E-state index is 0.0584. The minimum Gasteiger partial charge on any atom is -0.379 e. The van der Waals surface area contributed by atoms with Crippen molar-refractivity contribution < 1.29 is 27.5 Å². The van der Waals surface area contributed by atoms with Crippen molar-refractivity contribution in [2.45, 2.75) is 23.2 Å². The molecule has 1 spiro atoms. The van der Waals surface area contributed by atoms with Gasteiger partial charge in [-0.15, -0.1) is 11.8 Å². The molecule has 174 valence electrons. The van der Waals surface area contributed by atoms with Crippen LogP contribution in [0, 0.1) is 0 Å². The number of amides is 2. The van der Waals surface area contributed by atoms with Gasteiger partial charge in [-0.1, -0.05) is 24.3 Å². The summed E-state index contributed by atoms with van der Waals surface area (Å²) in [6.07, 6.45) is -4.56. The number of carbonyl (C=O) groups excluding carboxylic acids is 2. The number of morpholine rings is 1. The lowest BCUT2D eigenvalue weighted by molar-refractivity contribution is -0.137. The Morgan fingerprint density at radius 1 is 1.09 bits per heavy atom. The molecule has 2 fully saturated rings. The molecule has 2 aromatic rings. The lowest BCUT2D eigenvalue weighted by atomic mass is 10.0. The molecule has 5 rings (SSSR count). The molecule has 0 aliphatic carbocycles. The van der Waals surface area contributed by atoms with Crippen molar-refractivity contribution >= 4 is 35.0 Å². The molecular weight excluding hydrogens is 455 g/mol. The maximum absolute atomic E-state index is 14.0. The second-order valence-corrected chi connectivity index (χ2v) is 9.78. The largest absolute Gasteiger partial charge is 0.416 e. The number of nitrogens with zero attached hydrogens (tertiary/aromatic N) is 3. The molecule has 2 aromatic carbocycles. The zero-order valence-electron chi connectivity index (χ0n) is 17.8. The highest BCUT2D eigenvalue weighted by Crippen LogP contribution is 2.58. The molecule has 3 aliphatic heterocycles. The van der Waals surface area contributed by atoms with E-state index in [9.17, 15) is 22.8 Å². The summed E-state index contributed by atoms with van der Waals surface area (Å²) in [7, 11) is 0. The average molecular weight is 478 g/mol. The Bertz CT molecular complexity index is 1110. The topological polar surface area (TPSA) is 53.1 Å². The van der Waals surface area contributed by atoms with E-state index in [4.69, 9.17) is 4.74 Å². The molecule has 10 heteroatoms. The van der Waals surface area contributed by atoms with E-state index in [0.29, 0.717) is 44.2 Å². The third kappa shape index (κ3) is 3.51. The number of hydrogen-bond acceptors (Lipinski definition) is 5. The summed E-state index contributed by atoms with van der Waals surface area (Å²) in [5.74, 6) is -0.717. The van der Waals surface area contributed by atoms with Crippen molar-refractivity contribution in [2.75, 3.05) is 42.8 Å². The number of hydrogen-bond donors (Lipinski definition) is 0. The molecule has 2 amide bonds. The van der Waals surface area contributed by atoms with E-state index >= 15 is 0 Å². The molecule has 3 aliphatic rings. The number of ether oxygens (including phenoxy) is 1. The second-order valence-electron chi connectivity index (χ2n) is 8.25. The number of anilines is 2. The Morgan fingerprint density at radius 2 is 1.82 bits per heavy atom. The van der Waals surface area contributed by atoms with Gasteiger partial charge in [0.25, 0.3) is 5.91 Å². The fraction of sp³-hybridized carbons (Fsp3) is 0.391. The maximum atomic E-state index is 14.0. The second kappa shape index (κ2) is 8.03. The molecule has 0 unspecified atom stereocenters. The lowest BCUT2D eigenvalue weighted by Gasteiger charge is -2.35. The first-order valence-electron chi connectivity index (χ1n) is 10.6. The van der Waals surface area contributed by atoms with Gasteiger partial charge in [0.2, 0.25) is 10.8 Å². The van der Waals surface area contributed by atoms with Gasteiger partial charge in [0.05, 0.1) is 36.4 Å². The summed E-state index contributed by atoms with van der Waals surface area (Å²) in [5, 5.41) is -0.597. The SMILES string of the molecule is C[C@@H]1S[C@]2(C(=O)N(CN3CCOCC3)c3ccccc32)N(c2cccc(C(F)(F)F)c2)C1=O. The van der Waals surface area contributed by atoms with Crippen molar-refractivity contribution in [1.29, 1.82) is 0 Å². The molecule has 6 nitrogen and oxygen atoms in total. The zero-order valence-corrected chi connectivity index (χ0v) is 18.7. The van der Waals surface area contributed by atoms with Crippen LogP contribution in [-0.4, -0.2) is 54.9 Å². The zero-order chi connectivity index (χ0) is 23.4. The van der Waals surface area contributed by atoms with Gasteiger partial charge in [0.15, 0.2) is 0 Å². The first-order valence-corrected chi connectivity index (χ1v) is 11.5. The Labute approximate surface area is 193 Å². The van der Waals surface area contributed by atoms with Crippen LogP contribution in [0.2, 0.25) is 0 Å². The fourth-order valence-electron chi connectivity index (χ4n) is 4.64. The maximum Gasteiger partial charge on any atom is 0.416 e. The van der Waals surface area contributed by atoms with Crippen LogP contribution >= 0.6 is 11.8 Å². The highest BCUT2D eigenvalue weighted by atomic mass is 32.2. The van der Waals surface area contributed by atoms with Crippen LogP contribution in [0.25, 0.3) is 0 Å². The van der Waals surface area contributed by atoms with E-state index in [0.717, 1.165) is 12.1 Å². The average Bonchev–Trinajstić information content (AvgIpc) is 3.20. The fourth-order valence-corrected chi connectivity index (χ4v) is 6.17. The van der Waals surface area contributed by atoms with Crippen molar-refractivity contribution in [3.05, 3.63) is 59.7 Å². The third-order valence-electron chi connectivity index (χ3n) is 6.20. The number of halogens is 3. The van der Waals surface area contributed by atoms with Crippen molar-refractivity contribution in [2.24, 2.45) is 0 Å². The van der Waals surface area contributed by atoms with E-state index < -0.39 is 27.8 Å². The first kappa shape index (κ1) is 22.2. The van der Waals surface area contributed by atoms with E-state index in [1.165, 1.54) is 28.8 Å². The molecule has 0 aromatic heterocycles. The minimum atomic E-state index is -4.56. The van der Waals surface area contributed by atoms with Crippen molar-refractivity contribution in [1.82, 2.24) is 4.90 Å². The van der Waals surface area contributed by atoms with Gasteiger partial charge in [-0.25, -0.2) is 0 Å². The molecule has 0 radical (unpaired) electrons. The molecule has 3 heterocycles. The quantitative estimate of drug-likeness (QED) is 0.676. The summed E-state index contributed by atoms with van der Waals surface area (Å²) < 4.78 is 45.7. The number of alkyl halides is 3. The van der Waals surface area contributed by atoms with Crippen LogP contribution in [0.5, 0.6) is 0 Å². The van der Waals surface area contributed by atoms with Gasteiger partial charge in [-0.2, -0.15) is 13.2 Å². The molecule has 33 heavy (non-hydrogen) atoms. The van der Waals surface area contributed by atoms with Crippen molar-refractivity contribution in [3.63, 3.8) is 0 Å². The van der Waals surface area contributed by atoms with Gasteiger partial charge < -0.3 is 4.74 Å². The van der Waals surface area contributed by atoms with Crippen LogP contribution < -0.4 is 9.80 Å². The van der Waals surface area contributed by atoms with E-state index in [2.05, 4.69) is 4.90 Å². The van der Waals surface area contributed by atoms with Crippen LogP contribution in [0.1, 0.15) is 18.1 Å². The van der Waals surface area contributed by atoms with E-state index in [-0.39, 0.29) is 11.6 Å². The van der Waals surface area contributed by atoms with Gasteiger partial charge in [-0.3, -0.25) is 24.3 Å². The molecule has 0 N–H and O–H groups in total. The number of thioether (sulfide) groups is 1. The summed E-state index contributed by atoms with van der Waals surface area (Å²) in [5.41, 5.74) is 0.475. The molecule has 0 bridgehead atoms. The normalized spacial score (nSPS) is 25.9. The Balaban J connectivity index is 1.62. The van der Waals surface area contributed by atoms with Gasteiger partial charge in [0, 0.05) is 24.3 Å². The monoisotopic (exact) mass is 477 g/mol. The standard InChI is InChI=1S/C23H22F3N3O3S/c1-15-20(30)29(17-6-4-5-16(13-17)23(24,25)26)22(33-15)18-7-2-3-8-19(18)28(21(22)31)14-27-9-11-32-12-10-27/h2-8,13,15H,9-12,14H2,1H3/t15-,22+/m0/s1. The Morgan fingerprint density at radius 3 is 2.55 bits per heavy atom. The molecule has 2 atom stereocenters. The Hall–Kier alpha value is -2.56. The summed E-state index contributed by atoms with van der Waals surface area (Å²) in [6, 6.07) is 11.8. The molecule has 2 saturated heterocycles. The number of para-hydroxylation sites is 1. The number of fused-ring (bicyclic) bond motifs is 2. The number of benzene rings is 2. The van der Waals surface area contributed by atoms with Gasteiger partial charge >= 0.3 is 6.18 Å². The lowest BCUT2D eigenvalue weighted by Crippen LogP contribution is -2.52. The number of carbonyl (C=O) groups is 2. The van der Waals surface area contributed by atoms with E-state index in [1.807, 2.05) is 12.1 Å². The van der Waals surface area contributed by atoms with Crippen LogP contribution in [0.15, 0.2) is 48.5 Å². The highest BCUT2D eigenvalue weighted by Gasteiger charge is 2.63. The van der Waals surface area contributed by atoms with Crippen LogP contribution in [-0.2, 0) is 25.4 Å². The molecule has 0 saturated carbocycles. The first-order chi connectivity index (χ1) is 15.7. The van der Waals surface area contributed by atoms with Crippen LogP contribution in [0.3, 0.4) is 0 Å². The molecular formula is C23H22F3N3O3S. The predicted molar refractivity (Wildman–Crippen MR) is 119 cm³/mol. The van der Waals surface area contributed by atoms with Crippen LogP contribution in [0.4, 0.5) is 24.5 Å².